The second kappa shape index (κ2) is 6.97. The van der Waals surface area contributed by atoms with Gasteiger partial charge in [0.05, 0.1) is 27.3 Å². The van der Waals surface area contributed by atoms with Crippen LogP contribution in [0.25, 0.3) is 10.9 Å². The van der Waals surface area contributed by atoms with Gasteiger partial charge >= 0.3 is 5.97 Å². The minimum Gasteiger partial charge on any atom is -0.477 e. The van der Waals surface area contributed by atoms with Crippen molar-refractivity contribution in [1.82, 2.24) is 9.47 Å². The summed E-state index contributed by atoms with van der Waals surface area (Å²) in [5, 5.41) is 13.2. The molecular formula is C19H23FN4O3S. The first-order valence-electron chi connectivity index (χ1n) is 9.31. The Bertz CT molecular complexity index is 1030. The highest BCUT2D eigenvalue weighted by molar-refractivity contribution is 7.99. The highest BCUT2D eigenvalue weighted by Gasteiger charge is 2.31. The first kappa shape index (κ1) is 19.1. The number of hydrogen-bond acceptors (Lipinski definition) is 6. The first-order chi connectivity index (χ1) is 13.3. The largest absolute Gasteiger partial charge is 0.477 e. The van der Waals surface area contributed by atoms with Crippen molar-refractivity contribution >= 4 is 40.0 Å². The standard InChI is InChI=1S/C19H23FN4O3S/c1-9-8-28-18-14(19(26)27)17(25)13-12(24(9)18)7-11(15(20)16(13)21)22-10-3-5-23(2)6-4-10/h7,9-10,22H,3-6,8,21H2,1-2H3,(H,26,27). The summed E-state index contributed by atoms with van der Waals surface area (Å²) in [5.41, 5.74) is 5.42. The molecule has 0 bridgehead atoms. The maximum atomic E-state index is 15.0. The summed E-state index contributed by atoms with van der Waals surface area (Å²) < 4.78 is 16.8. The van der Waals surface area contributed by atoms with Crippen LogP contribution in [0, 0.1) is 5.82 Å². The maximum Gasteiger partial charge on any atom is 0.342 e. The number of nitrogens with zero attached hydrogens (tertiary/aromatic N) is 2. The molecule has 0 spiro atoms. The van der Waals surface area contributed by atoms with Crippen LogP contribution in [0.4, 0.5) is 15.8 Å². The molecule has 0 aliphatic carbocycles. The molecule has 2 aliphatic rings. The number of anilines is 2. The van der Waals surface area contributed by atoms with Crippen molar-refractivity contribution in [2.75, 3.05) is 36.9 Å². The minimum atomic E-state index is -1.31. The number of nitrogens with two attached hydrogens (primary N) is 1. The van der Waals surface area contributed by atoms with Crippen LogP contribution in [-0.2, 0) is 0 Å². The molecular weight excluding hydrogens is 383 g/mol. The molecule has 2 aromatic rings. The van der Waals surface area contributed by atoms with E-state index in [9.17, 15) is 14.7 Å². The number of pyridine rings is 1. The van der Waals surface area contributed by atoms with E-state index in [1.165, 1.54) is 11.8 Å². The van der Waals surface area contributed by atoms with Gasteiger partial charge in [-0.3, -0.25) is 4.79 Å². The smallest absolute Gasteiger partial charge is 0.342 e. The molecule has 0 amide bonds. The van der Waals surface area contributed by atoms with Crippen molar-refractivity contribution in [2.45, 2.75) is 36.9 Å². The van der Waals surface area contributed by atoms with Gasteiger partial charge in [-0.2, -0.15) is 0 Å². The second-order valence-electron chi connectivity index (χ2n) is 7.61. The van der Waals surface area contributed by atoms with Gasteiger partial charge in [0.15, 0.2) is 5.82 Å². The number of benzene rings is 1. The third-order valence-electron chi connectivity index (χ3n) is 5.62. The number of fused-ring (bicyclic) bond motifs is 3. The molecule has 3 heterocycles. The molecule has 28 heavy (non-hydrogen) atoms. The number of aromatic carboxylic acids is 1. The van der Waals surface area contributed by atoms with Gasteiger partial charge in [0.25, 0.3) is 0 Å². The second-order valence-corrected chi connectivity index (χ2v) is 8.62. The van der Waals surface area contributed by atoms with Gasteiger partial charge in [-0.15, -0.1) is 11.8 Å². The Morgan fingerprint density at radius 2 is 2.07 bits per heavy atom. The molecule has 7 nitrogen and oxygen atoms in total. The molecule has 4 N–H and O–H groups in total. The Morgan fingerprint density at radius 3 is 2.71 bits per heavy atom. The minimum absolute atomic E-state index is 0.0257. The van der Waals surface area contributed by atoms with Crippen LogP contribution in [0.1, 0.15) is 36.2 Å². The molecule has 4 rings (SSSR count). The number of carbonyl (C=O) groups is 1. The van der Waals surface area contributed by atoms with Gasteiger partial charge in [-0.1, -0.05) is 0 Å². The van der Waals surface area contributed by atoms with E-state index in [-0.39, 0.29) is 34.4 Å². The number of halogens is 1. The summed E-state index contributed by atoms with van der Waals surface area (Å²) in [6, 6.07) is 1.71. The van der Waals surface area contributed by atoms with Gasteiger partial charge in [-0.05, 0) is 46.0 Å². The zero-order valence-electron chi connectivity index (χ0n) is 15.8. The molecule has 150 valence electrons. The van der Waals surface area contributed by atoms with E-state index >= 15 is 4.39 Å². The average molecular weight is 406 g/mol. The number of carboxylic acid groups (broad SMARTS) is 1. The molecule has 1 atom stereocenters. The molecule has 0 radical (unpaired) electrons. The van der Waals surface area contributed by atoms with E-state index in [1.54, 1.807) is 10.6 Å². The van der Waals surface area contributed by atoms with E-state index in [4.69, 9.17) is 5.73 Å². The summed E-state index contributed by atoms with van der Waals surface area (Å²) >= 11 is 1.33. The normalized spacial score (nSPS) is 20.5. The van der Waals surface area contributed by atoms with E-state index in [1.807, 2.05) is 6.92 Å². The fourth-order valence-electron chi connectivity index (χ4n) is 4.07. The van der Waals surface area contributed by atoms with Crippen LogP contribution in [-0.4, -0.2) is 52.5 Å². The van der Waals surface area contributed by atoms with Gasteiger partial charge in [0.2, 0.25) is 5.43 Å². The number of piperidine rings is 1. The lowest BCUT2D eigenvalue weighted by Gasteiger charge is -2.30. The highest BCUT2D eigenvalue weighted by Crippen LogP contribution is 2.40. The number of rotatable bonds is 3. The highest BCUT2D eigenvalue weighted by atomic mass is 32.2. The quantitative estimate of drug-likeness (QED) is 0.674. The third kappa shape index (κ3) is 2.93. The Balaban J connectivity index is 1.91. The lowest BCUT2D eigenvalue weighted by Crippen LogP contribution is -2.37. The predicted molar refractivity (Wildman–Crippen MR) is 109 cm³/mol. The van der Waals surface area contributed by atoms with Crippen molar-refractivity contribution in [3.8, 4) is 0 Å². The van der Waals surface area contributed by atoms with E-state index in [2.05, 4.69) is 17.3 Å². The van der Waals surface area contributed by atoms with Crippen LogP contribution >= 0.6 is 11.8 Å². The molecule has 1 unspecified atom stereocenters. The van der Waals surface area contributed by atoms with Crippen LogP contribution < -0.4 is 16.5 Å². The Morgan fingerprint density at radius 1 is 1.39 bits per heavy atom. The van der Waals surface area contributed by atoms with Crippen molar-refractivity contribution in [2.24, 2.45) is 0 Å². The SMILES string of the molecule is CC1CSc2c(C(=O)O)c(=O)c3c(N)c(F)c(NC4CCN(C)CC4)cc3n21. The first-order valence-corrected chi connectivity index (χ1v) is 10.3. The van der Waals surface area contributed by atoms with E-state index in [0.717, 1.165) is 25.9 Å². The average Bonchev–Trinajstić information content (AvgIpc) is 3.02. The van der Waals surface area contributed by atoms with Gasteiger partial charge in [-0.25, -0.2) is 9.18 Å². The van der Waals surface area contributed by atoms with Gasteiger partial charge < -0.3 is 25.6 Å². The molecule has 1 fully saturated rings. The van der Waals surface area contributed by atoms with Crippen LogP contribution in [0.5, 0.6) is 0 Å². The van der Waals surface area contributed by atoms with Crippen molar-refractivity contribution in [3.63, 3.8) is 0 Å². The van der Waals surface area contributed by atoms with Crippen molar-refractivity contribution < 1.29 is 14.3 Å². The monoisotopic (exact) mass is 406 g/mol. The molecule has 1 saturated heterocycles. The predicted octanol–water partition coefficient (Wildman–Crippen LogP) is 2.59. The number of aromatic nitrogens is 1. The summed E-state index contributed by atoms with van der Waals surface area (Å²) in [6.07, 6.45) is 1.77. The fraction of sp³-hybridized carbons (Fsp3) is 0.474. The van der Waals surface area contributed by atoms with Crippen LogP contribution in [0.2, 0.25) is 0 Å². The lowest BCUT2D eigenvalue weighted by molar-refractivity contribution is 0.0690. The molecule has 0 saturated carbocycles. The summed E-state index contributed by atoms with van der Waals surface area (Å²) in [5.74, 6) is -1.36. The molecule has 1 aromatic carbocycles. The van der Waals surface area contributed by atoms with Gasteiger partial charge in [0.1, 0.15) is 5.56 Å². The molecule has 1 aromatic heterocycles. The molecule has 9 heteroatoms. The number of carboxylic acids is 1. The van der Waals surface area contributed by atoms with E-state index in [0.29, 0.717) is 16.3 Å². The van der Waals surface area contributed by atoms with E-state index < -0.39 is 17.2 Å². The Labute approximate surface area is 165 Å². The Hall–Kier alpha value is -2.26. The zero-order valence-corrected chi connectivity index (χ0v) is 16.6. The molecule has 2 aliphatic heterocycles. The summed E-state index contributed by atoms with van der Waals surface area (Å²) in [6.45, 7) is 3.79. The number of nitrogen functional groups attached to an aromatic ring is 1. The third-order valence-corrected chi connectivity index (χ3v) is 6.94. The summed E-state index contributed by atoms with van der Waals surface area (Å²) in [7, 11) is 2.06. The Kier molecular flexibility index (Phi) is 4.75. The summed E-state index contributed by atoms with van der Waals surface area (Å²) in [4.78, 5) is 26.8. The number of nitrogens with one attached hydrogen (secondary N) is 1. The zero-order chi connectivity index (χ0) is 20.2. The van der Waals surface area contributed by atoms with Crippen molar-refractivity contribution in [3.05, 3.63) is 27.7 Å². The van der Waals surface area contributed by atoms with Crippen LogP contribution in [0.3, 0.4) is 0 Å². The van der Waals surface area contributed by atoms with Crippen LogP contribution in [0.15, 0.2) is 15.9 Å². The maximum absolute atomic E-state index is 15.0. The fourth-order valence-corrected chi connectivity index (χ4v) is 5.36. The van der Waals surface area contributed by atoms with Gasteiger partial charge in [0, 0.05) is 17.8 Å². The lowest BCUT2D eigenvalue weighted by atomic mass is 10.0. The topological polar surface area (TPSA) is 101 Å². The number of likely N-dealkylation sites (tertiary alicyclic amines) is 1. The number of thioether (sulfide) groups is 1. The van der Waals surface area contributed by atoms with Crippen molar-refractivity contribution in [1.29, 1.82) is 0 Å². The number of hydrogen-bond donors (Lipinski definition) is 3.